The summed E-state index contributed by atoms with van der Waals surface area (Å²) in [5.41, 5.74) is 7.00. The minimum atomic E-state index is -0.214. The highest BCUT2D eigenvalue weighted by Gasteiger charge is 2.24. The van der Waals surface area contributed by atoms with Crippen LogP contribution in [0.4, 0.5) is 21.9 Å². The SMILES string of the molecule is O=C1Nc2ccccc2-c2c(cc(N3CCCCC3)cc2-c2ccc(Cl)cc2)N1. The average molecular weight is 404 g/mol. The van der Waals surface area contributed by atoms with Gasteiger partial charge in [0.25, 0.3) is 0 Å². The van der Waals surface area contributed by atoms with E-state index in [4.69, 9.17) is 11.6 Å². The number of fused-ring (bicyclic) bond motifs is 3. The maximum Gasteiger partial charge on any atom is 0.323 e. The van der Waals surface area contributed by atoms with Gasteiger partial charge in [-0.05, 0) is 60.7 Å². The summed E-state index contributed by atoms with van der Waals surface area (Å²) in [6.45, 7) is 2.09. The Morgan fingerprint density at radius 2 is 1.52 bits per heavy atom. The van der Waals surface area contributed by atoms with Crippen LogP contribution in [0.5, 0.6) is 0 Å². The lowest BCUT2D eigenvalue weighted by molar-refractivity contribution is 0.262. The fourth-order valence-electron chi connectivity index (χ4n) is 4.29. The van der Waals surface area contributed by atoms with Gasteiger partial charge in [-0.1, -0.05) is 41.9 Å². The Morgan fingerprint density at radius 3 is 2.31 bits per heavy atom. The van der Waals surface area contributed by atoms with Crippen molar-refractivity contribution in [2.24, 2.45) is 0 Å². The van der Waals surface area contributed by atoms with Crippen LogP contribution in [0.25, 0.3) is 22.3 Å². The second-order valence-corrected chi connectivity index (χ2v) is 8.03. The van der Waals surface area contributed by atoms with Crippen molar-refractivity contribution in [2.45, 2.75) is 19.3 Å². The summed E-state index contributed by atoms with van der Waals surface area (Å²) in [5.74, 6) is 0. The van der Waals surface area contributed by atoms with E-state index in [0.717, 1.165) is 52.4 Å². The van der Waals surface area contributed by atoms with E-state index in [1.54, 1.807) is 0 Å². The Hall–Kier alpha value is -2.98. The third-order valence-corrected chi connectivity index (χ3v) is 5.94. The van der Waals surface area contributed by atoms with Crippen molar-refractivity contribution in [1.29, 1.82) is 0 Å². The number of piperidine rings is 1. The molecule has 0 aromatic heterocycles. The number of carbonyl (C=O) groups is 1. The van der Waals surface area contributed by atoms with E-state index in [2.05, 4.69) is 33.7 Å². The van der Waals surface area contributed by atoms with Crippen LogP contribution in [0.2, 0.25) is 5.02 Å². The molecule has 5 rings (SSSR count). The van der Waals surface area contributed by atoms with Crippen LogP contribution in [0, 0.1) is 0 Å². The van der Waals surface area contributed by atoms with E-state index >= 15 is 0 Å². The van der Waals surface area contributed by atoms with Crippen molar-refractivity contribution >= 4 is 34.7 Å². The van der Waals surface area contributed by atoms with Gasteiger partial charge in [0.05, 0.1) is 11.4 Å². The molecule has 0 bridgehead atoms. The summed E-state index contributed by atoms with van der Waals surface area (Å²) in [6, 6.07) is 20.0. The first-order valence-corrected chi connectivity index (χ1v) is 10.4. The van der Waals surface area contributed by atoms with Crippen LogP contribution < -0.4 is 15.5 Å². The quantitative estimate of drug-likeness (QED) is 0.504. The zero-order valence-electron chi connectivity index (χ0n) is 16.0. The molecule has 0 spiro atoms. The Bertz CT molecular complexity index is 1070. The van der Waals surface area contributed by atoms with Crippen molar-refractivity contribution < 1.29 is 4.79 Å². The van der Waals surface area contributed by atoms with Crippen LogP contribution in [-0.2, 0) is 0 Å². The van der Waals surface area contributed by atoms with E-state index in [1.165, 1.54) is 19.3 Å². The molecule has 3 aromatic rings. The van der Waals surface area contributed by atoms with Gasteiger partial charge < -0.3 is 15.5 Å². The van der Waals surface area contributed by atoms with Crippen molar-refractivity contribution in [1.82, 2.24) is 0 Å². The van der Waals surface area contributed by atoms with Gasteiger partial charge >= 0.3 is 6.03 Å². The molecular weight excluding hydrogens is 382 g/mol. The molecule has 0 unspecified atom stereocenters. The second kappa shape index (κ2) is 7.45. The Labute approximate surface area is 175 Å². The van der Waals surface area contributed by atoms with Gasteiger partial charge in [0.15, 0.2) is 0 Å². The fourth-order valence-corrected chi connectivity index (χ4v) is 4.42. The van der Waals surface area contributed by atoms with E-state index in [9.17, 15) is 4.79 Å². The molecule has 29 heavy (non-hydrogen) atoms. The summed E-state index contributed by atoms with van der Waals surface area (Å²) in [4.78, 5) is 15.0. The van der Waals surface area contributed by atoms with Gasteiger partial charge in [-0.25, -0.2) is 4.79 Å². The van der Waals surface area contributed by atoms with Gasteiger partial charge in [0, 0.05) is 34.9 Å². The molecule has 5 heteroatoms. The molecule has 2 aliphatic rings. The molecule has 2 N–H and O–H groups in total. The standard InChI is InChI=1S/C24H22ClN3O/c25-17-10-8-16(9-11-17)20-14-18(28-12-4-1-5-13-28)15-22-23(20)19-6-2-3-7-21(19)26-24(29)27-22/h2-3,6-11,14-15H,1,4-5,12-13H2,(H2,26,27,29). The van der Waals surface area contributed by atoms with Crippen molar-refractivity contribution in [3.05, 3.63) is 65.7 Å². The van der Waals surface area contributed by atoms with Gasteiger partial charge in [-0.15, -0.1) is 0 Å². The summed E-state index contributed by atoms with van der Waals surface area (Å²) in [7, 11) is 0. The normalized spacial score (nSPS) is 15.6. The zero-order valence-corrected chi connectivity index (χ0v) is 16.8. The van der Waals surface area contributed by atoms with Crippen LogP contribution in [0.15, 0.2) is 60.7 Å². The number of halogens is 1. The Morgan fingerprint density at radius 1 is 0.793 bits per heavy atom. The zero-order chi connectivity index (χ0) is 19.8. The van der Waals surface area contributed by atoms with E-state index in [0.29, 0.717) is 5.02 Å². The van der Waals surface area contributed by atoms with Gasteiger partial charge in [0.2, 0.25) is 0 Å². The third-order valence-electron chi connectivity index (χ3n) is 5.69. The number of nitrogens with zero attached hydrogens (tertiary/aromatic N) is 1. The van der Waals surface area contributed by atoms with E-state index < -0.39 is 0 Å². The summed E-state index contributed by atoms with van der Waals surface area (Å²) >= 11 is 6.15. The molecule has 0 aliphatic carbocycles. The first-order chi connectivity index (χ1) is 14.2. The van der Waals surface area contributed by atoms with Crippen LogP contribution in [-0.4, -0.2) is 19.1 Å². The molecule has 2 amide bonds. The number of carbonyl (C=O) groups excluding carboxylic acids is 1. The largest absolute Gasteiger partial charge is 0.371 e. The van der Waals surface area contributed by atoms with E-state index in [-0.39, 0.29) is 6.03 Å². The molecule has 146 valence electrons. The second-order valence-electron chi connectivity index (χ2n) is 7.60. The molecule has 0 saturated carbocycles. The number of para-hydroxylation sites is 1. The molecular formula is C24H22ClN3O. The summed E-state index contributed by atoms with van der Waals surface area (Å²) in [5, 5.41) is 6.75. The molecule has 3 aromatic carbocycles. The molecule has 2 aliphatic heterocycles. The number of amides is 2. The van der Waals surface area contributed by atoms with Gasteiger partial charge in [0.1, 0.15) is 0 Å². The highest BCUT2D eigenvalue weighted by atomic mass is 35.5. The number of hydrogen-bond donors (Lipinski definition) is 2. The highest BCUT2D eigenvalue weighted by molar-refractivity contribution is 6.30. The monoisotopic (exact) mass is 403 g/mol. The minimum Gasteiger partial charge on any atom is -0.371 e. The maximum absolute atomic E-state index is 12.5. The fraction of sp³-hybridized carbons (Fsp3) is 0.208. The molecule has 0 atom stereocenters. The average Bonchev–Trinajstić information content (AvgIpc) is 2.89. The predicted molar refractivity (Wildman–Crippen MR) is 121 cm³/mol. The number of anilines is 3. The molecule has 1 fully saturated rings. The smallest absolute Gasteiger partial charge is 0.323 e. The lowest BCUT2D eigenvalue weighted by atomic mass is 9.91. The van der Waals surface area contributed by atoms with Crippen molar-refractivity contribution in [3.8, 4) is 22.3 Å². The van der Waals surface area contributed by atoms with Gasteiger partial charge in [-0.3, -0.25) is 0 Å². The minimum absolute atomic E-state index is 0.214. The first-order valence-electron chi connectivity index (χ1n) is 10.1. The Balaban J connectivity index is 1.76. The first kappa shape index (κ1) is 18.1. The number of urea groups is 1. The van der Waals surface area contributed by atoms with Crippen molar-refractivity contribution in [3.63, 3.8) is 0 Å². The van der Waals surface area contributed by atoms with E-state index in [1.807, 2.05) is 42.5 Å². The predicted octanol–water partition coefficient (Wildman–Crippen LogP) is 6.62. The summed E-state index contributed by atoms with van der Waals surface area (Å²) in [6.07, 6.45) is 3.67. The molecule has 0 radical (unpaired) electrons. The Kier molecular flexibility index (Phi) is 4.64. The molecule has 1 saturated heterocycles. The maximum atomic E-state index is 12.5. The lowest BCUT2D eigenvalue weighted by Gasteiger charge is -2.30. The highest BCUT2D eigenvalue weighted by Crippen LogP contribution is 2.45. The molecule has 2 heterocycles. The number of benzene rings is 3. The summed E-state index contributed by atoms with van der Waals surface area (Å²) < 4.78 is 0. The van der Waals surface area contributed by atoms with Crippen LogP contribution in [0.1, 0.15) is 19.3 Å². The molecule has 4 nitrogen and oxygen atoms in total. The van der Waals surface area contributed by atoms with Crippen molar-refractivity contribution in [2.75, 3.05) is 28.6 Å². The third kappa shape index (κ3) is 3.45. The number of nitrogens with one attached hydrogen (secondary N) is 2. The topological polar surface area (TPSA) is 44.4 Å². The lowest BCUT2D eigenvalue weighted by Crippen LogP contribution is -2.29. The number of rotatable bonds is 2. The number of hydrogen-bond acceptors (Lipinski definition) is 2. The van der Waals surface area contributed by atoms with Crippen LogP contribution >= 0.6 is 11.6 Å². The van der Waals surface area contributed by atoms with Gasteiger partial charge in [-0.2, -0.15) is 0 Å². The van der Waals surface area contributed by atoms with Crippen LogP contribution in [0.3, 0.4) is 0 Å².